The van der Waals surface area contributed by atoms with Crippen molar-refractivity contribution >= 4 is 5.82 Å². The van der Waals surface area contributed by atoms with Gasteiger partial charge in [0.15, 0.2) is 0 Å². The zero-order valence-corrected chi connectivity index (χ0v) is 8.95. The van der Waals surface area contributed by atoms with Gasteiger partial charge < -0.3 is 10.6 Å². The van der Waals surface area contributed by atoms with Crippen LogP contribution in [0.4, 0.5) is 5.82 Å². The first-order valence-electron chi connectivity index (χ1n) is 5.17. The molecular formula is C11H16N4. The minimum Gasteiger partial charge on any atom is -0.369 e. The van der Waals surface area contributed by atoms with Crippen LogP contribution in [0.5, 0.6) is 0 Å². The van der Waals surface area contributed by atoms with Gasteiger partial charge in [0, 0.05) is 19.3 Å². The zero-order chi connectivity index (χ0) is 10.9. The van der Waals surface area contributed by atoms with Gasteiger partial charge in [-0.15, -0.1) is 0 Å². The normalized spacial score (nSPS) is 9.60. The number of nitrogens with zero attached hydrogens (tertiary/aromatic N) is 2. The molecule has 0 amide bonds. The third kappa shape index (κ3) is 4.43. The fraction of sp³-hybridized carbons (Fsp3) is 0.455. The molecule has 0 aliphatic carbocycles. The molecule has 0 bridgehead atoms. The predicted molar refractivity (Wildman–Crippen MR) is 60.6 cm³/mol. The van der Waals surface area contributed by atoms with Crippen LogP contribution in [0.15, 0.2) is 18.3 Å². The van der Waals surface area contributed by atoms with E-state index in [1.54, 1.807) is 12.3 Å². The van der Waals surface area contributed by atoms with Gasteiger partial charge in [0.2, 0.25) is 0 Å². The molecule has 2 N–H and O–H groups in total. The van der Waals surface area contributed by atoms with Crippen molar-refractivity contribution in [1.29, 1.82) is 5.26 Å². The van der Waals surface area contributed by atoms with Crippen LogP contribution in [-0.2, 0) is 0 Å². The van der Waals surface area contributed by atoms with Gasteiger partial charge in [-0.25, -0.2) is 4.98 Å². The Morgan fingerprint density at radius 3 is 2.80 bits per heavy atom. The Morgan fingerprint density at radius 1 is 1.33 bits per heavy atom. The predicted octanol–water partition coefficient (Wildman–Crippen LogP) is 1.36. The molecule has 1 heterocycles. The highest BCUT2D eigenvalue weighted by Gasteiger charge is 1.93. The van der Waals surface area contributed by atoms with Gasteiger partial charge >= 0.3 is 0 Å². The number of hydrogen-bond donors (Lipinski definition) is 2. The first kappa shape index (κ1) is 11.5. The minimum absolute atomic E-state index is 0.588. The molecule has 0 aromatic carbocycles. The van der Waals surface area contributed by atoms with Crippen LogP contribution in [0, 0.1) is 11.3 Å². The molecule has 4 heteroatoms. The maximum atomic E-state index is 8.58. The largest absolute Gasteiger partial charge is 0.369 e. The Balaban J connectivity index is 2.23. The summed E-state index contributed by atoms with van der Waals surface area (Å²) in [6, 6.07) is 5.61. The Bertz CT molecular complexity index is 312. The standard InChI is InChI=1S/C11H16N4/c1-2-5-13-6-7-14-11-4-3-10(8-12)9-15-11/h3-4,9,13H,2,5-7H2,1H3,(H,14,15). The van der Waals surface area contributed by atoms with Crippen LogP contribution < -0.4 is 10.6 Å². The number of pyridine rings is 1. The van der Waals surface area contributed by atoms with E-state index in [2.05, 4.69) is 22.5 Å². The minimum atomic E-state index is 0.588. The lowest BCUT2D eigenvalue weighted by molar-refractivity contribution is 0.687. The highest BCUT2D eigenvalue weighted by Crippen LogP contribution is 2.02. The van der Waals surface area contributed by atoms with Gasteiger partial charge in [-0.2, -0.15) is 5.26 Å². The molecule has 0 radical (unpaired) electrons. The molecule has 0 aliphatic rings. The summed E-state index contributed by atoms with van der Waals surface area (Å²) in [4.78, 5) is 4.11. The first-order valence-corrected chi connectivity index (χ1v) is 5.17. The van der Waals surface area contributed by atoms with E-state index in [1.807, 2.05) is 12.1 Å². The third-order valence-corrected chi connectivity index (χ3v) is 1.93. The molecule has 4 nitrogen and oxygen atoms in total. The van der Waals surface area contributed by atoms with Gasteiger partial charge in [-0.3, -0.25) is 0 Å². The lowest BCUT2D eigenvalue weighted by Gasteiger charge is -2.05. The highest BCUT2D eigenvalue weighted by molar-refractivity contribution is 5.38. The fourth-order valence-corrected chi connectivity index (χ4v) is 1.15. The molecule has 0 spiro atoms. The molecule has 0 unspecified atom stereocenters. The summed E-state index contributed by atoms with van der Waals surface area (Å²) in [5.41, 5.74) is 0.588. The summed E-state index contributed by atoms with van der Waals surface area (Å²) in [5, 5.41) is 15.0. The topological polar surface area (TPSA) is 60.7 Å². The summed E-state index contributed by atoms with van der Waals surface area (Å²) < 4.78 is 0. The molecular weight excluding hydrogens is 188 g/mol. The second kappa shape index (κ2) is 6.80. The maximum Gasteiger partial charge on any atom is 0.126 e. The Labute approximate surface area is 90.3 Å². The lowest BCUT2D eigenvalue weighted by Crippen LogP contribution is -2.22. The molecule has 0 atom stereocenters. The SMILES string of the molecule is CCCNCCNc1ccc(C#N)cn1. The van der Waals surface area contributed by atoms with Gasteiger partial charge in [0.05, 0.1) is 5.56 Å². The van der Waals surface area contributed by atoms with Crippen LogP contribution in [0.1, 0.15) is 18.9 Å². The van der Waals surface area contributed by atoms with Gasteiger partial charge in [0.25, 0.3) is 0 Å². The van der Waals surface area contributed by atoms with Crippen molar-refractivity contribution in [2.24, 2.45) is 0 Å². The van der Waals surface area contributed by atoms with Crippen molar-refractivity contribution in [1.82, 2.24) is 10.3 Å². The van der Waals surface area contributed by atoms with E-state index in [4.69, 9.17) is 5.26 Å². The average Bonchev–Trinajstić information content (AvgIpc) is 2.30. The number of hydrogen-bond acceptors (Lipinski definition) is 4. The van der Waals surface area contributed by atoms with Gasteiger partial charge in [0.1, 0.15) is 11.9 Å². The van der Waals surface area contributed by atoms with E-state index < -0.39 is 0 Å². The van der Waals surface area contributed by atoms with Crippen LogP contribution in [0.2, 0.25) is 0 Å². The monoisotopic (exact) mass is 204 g/mol. The third-order valence-electron chi connectivity index (χ3n) is 1.93. The lowest BCUT2D eigenvalue weighted by atomic mass is 10.3. The van der Waals surface area contributed by atoms with Crippen molar-refractivity contribution in [2.45, 2.75) is 13.3 Å². The molecule has 0 aliphatic heterocycles. The van der Waals surface area contributed by atoms with E-state index in [1.165, 1.54) is 0 Å². The quantitative estimate of drug-likeness (QED) is 0.687. The Morgan fingerprint density at radius 2 is 2.20 bits per heavy atom. The molecule has 80 valence electrons. The summed E-state index contributed by atoms with van der Waals surface area (Å²) in [6.45, 7) is 4.96. The van der Waals surface area contributed by atoms with E-state index in [9.17, 15) is 0 Å². The summed E-state index contributed by atoms with van der Waals surface area (Å²) in [6.07, 6.45) is 2.72. The summed E-state index contributed by atoms with van der Waals surface area (Å²) in [7, 11) is 0. The van der Waals surface area contributed by atoms with Crippen molar-refractivity contribution in [2.75, 3.05) is 25.0 Å². The Kier molecular flexibility index (Phi) is 5.20. The van der Waals surface area contributed by atoms with Crippen LogP contribution >= 0.6 is 0 Å². The molecule has 15 heavy (non-hydrogen) atoms. The number of nitriles is 1. The van der Waals surface area contributed by atoms with Crippen LogP contribution in [0.3, 0.4) is 0 Å². The molecule has 0 saturated heterocycles. The summed E-state index contributed by atoms with van der Waals surface area (Å²) in [5.74, 6) is 0.812. The van der Waals surface area contributed by atoms with Crippen LogP contribution in [-0.4, -0.2) is 24.6 Å². The highest BCUT2D eigenvalue weighted by atomic mass is 15.0. The summed E-state index contributed by atoms with van der Waals surface area (Å²) >= 11 is 0. The molecule has 1 aromatic heterocycles. The maximum absolute atomic E-state index is 8.58. The molecule has 1 aromatic rings. The number of anilines is 1. The second-order valence-corrected chi connectivity index (χ2v) is 3.22. The Hall–Kier alpha value is -1.60. The first-order chi connectivity index (χ1) is 7.36. The van der Waals surface area contributed by atoms with Crippen molar-refractivity contribution in [3.05, 3.63) is 23.9 Å². The van der Waals surface area contributed by atoms with Crippen LogP contribution in [0.25, 0.3) is 0 Å². The van der Waals surface area contributed by atoms with E-state index in [0.29, 0.717) is 5.56 Å². The van der Waals surface area contributed by atoms with E-state index in [-0.39, 0.29) is 0 Å². The van der Waals surface area contributed by atoms with Crippen molar-refractivity contribution in [3.63, 3.8) is 0 Å². The molecule has 1 rings (SSSR count). The van der Waals surface area contributed by atoms with E-state index in [0.717, 1.165) is 31.9 Å². The van der Waals surface area contributed by atoms with Gasteiger partial charge in [-0.05, 0) is 25.1 Å². The van der Waals surface area contributed by atoms with Crippen molar-refractivity contribution < 1.29 is 0 Å². The fourth-order valence-electron chi connectivity index (χ4n) is 1.15. The van der Waals surface area contributed by atoms with Crippen molar-refractivity contribution in [3.8, 4) is 6.07 Å². The number of nitrogens with one attached hydrogen (secondary N) is 2. The van der Waals surface area contributed by atoms with E-state index >= 15 is 0 Å². The number of rotatable bonds is 6. The molecule has 0 saturated carbocycles. The molecule has 0 fully saturated rings. The van der Waals surface area contributed by atoms with Gasteiger partial charge in [-0.1, -0.05) is 6.92 Å². The zero-order valence-electron chi connectivity index (χ0n) is 8.95. The second-order valence-electron chi connectivity index (χ2n) is 3.22. The average molecular weight is 204 g/mol. The number of aromatic nitrogens is 1. The smallest absolute Gasteiger partial charge is 0.126 e.